The van der Waals surface area contributed by atoms with Gasteiger partial charge in [0.25, 0.3) is 0 Å². The molecule has 1 N–H and O–H groups in total. The van der Waals surface area contributed by atoms with Gasteiger partial charge in [-0.3, -0.25) is 4.79 Å². The van der Waals surface area contributed by atoms with Gasteiger partial charge in [-0.2, -0.15) is 0 Å². The summed E-state index contributed by atoms with van der Waals surface area (Å²) in [6.45, 7) is 1.28. The Labute approximate surface area is 155 Å². The monoisotopic (exact) mass is 366 g/mol. The van der Waals surface area contributed by atoms with Crippen molar-refractivity contribution in [2.45, 2.75) is 22.8 Å². The van der Waals surface area contributed by atoms with Crippen molar-refractivity contribution in [3.8, 4) is 0 Å². The second-order valence-corrected chi connectivity index (χ2v) is 7.91. The molecule has 126 valence electrons. The van der Waals surface area contributed by atoms with Crippen molar-refractivity contribution < 1.29 is 4.79 Å². The Kier molecular flexibility index (Phi) is 4.76. The summed E-state index contributed by atoms with van der Waals surface area (Å²) in [5.74, 6) is 0.0848. The smallest absolute Gasteiger partial charge is 0.222 e. The number of carbonyl (C=O) groups excluding carboxylic acids is 1. The van der Waals surface area contributed by atoms with Crippen LogP contribution in [0.4, 0.5) is 11.4 Å². The van der Waals surface area contributed by atoms with Gasteiger partial charge in [0.05, 0.1) is 17.9 Å². The number of nitrogens with zero attached hydrogens (tertiary/aromatic N) is 1. The molecule has 1 amide bonds. The molecular formula is C20H18N2OS2. The van der Waals surface area contributed by atoms with E-state index in [2.05, 4.69) is 58.7 Å². The Morgan fingerprint density at radius 2 is 1.60 bits per heavy atom. The summed E-state index contributed by atoms with van der Waals surface area (Å²) >= 11 is 3.45. The number of carbonyl (C=O) groups is 1. The molecule has 3 aromatic rings. The van der Waals surface area contributed by atoms with Crippen molar-refractivity contribution in [1.82, 2.24) is 5.32 Å². The quantitative estimate of drug-likeness (QED) is 0.685. The molecule has 1 aliphatic rings. The van der Waals surface area contributed by atoms with Crippen LogP contribution in [0.2, 0.25) is 0 Å². The lowest BCUT2D eigenvalue weighted by atomic mass is 10.2. The van der Waals surface area contributed by atoms with Crippen molar-refractivity contribution in [1.29, 1.82) is 0 Å². The fraction of sp³-hybridized carbons (Fsp3) is 0.150. The summed E-state index contributed by atoms with van der Waals surface area (Å²) in [5.41, 5.74) is 2.36. The fourth-order valence-corrected chi connectivity index (χ4v) is 4.66. The van der Waals surface area contributed by atoms with E-state index in [1.165, 1.54) is 26.0 Å². The number of nitrogens with one attached hydrogen (secondary N) is 1. The predicted octanol–water partition coefficient (Wildman–Crippen LogP) is 5.06. The molecule has 0 spiro atoms. The van der Waals surface area contributed by atoms with E-state index in [4.69, 9.17) is 0 Å². The van der Waals surface area contributed by atoms with Crippen LogP contribution in [0, 0.1) is 0 Å². The normalized spacial score (nSPS) is 12.4. The highest BCUT2D eigenvalue weighted by Gasteiger charge is 2.22. The molecule has 25 heavy (non-hydrogen) atoms. The molecule has 0 radical (unpaired) electrons. The maximum atomic E-state index is 12.3. The van der Waals surface area contributed by atoms with Gasteiger partial charge in [0.15, 0.2) is 0 Å². The first-order valence-corrected chi connectivity index (χ1v) is 9.93. The molecule has 5 heteroatoms. The van der Waals surface area contributed by atoms with E-state index in [0.29, 0.717) is 19.5 Å². The number of para-hydroxylation sites is 2. The van der Waals surface area contributed by atoms with Crippen molar-refractivity contribution in [2.24, 2.45) is 0 Å². The standard InChI is InChI=1S/C20H18N2OS2/c23-20(21-14-15-6-5-13-24-15)11-12-22-16-7-1-3-9-18(16)25-19-10-4-2-8-17(19)22/h1-10,13H,11-12,14H2,(H,21,23). The van der Waals surface area contributed by atoms with E-state index in [-0.39, 0.29) is 5.91 Å². The van der Waals surface area contributed by atoms with E-state index in [0.717, 1.165) is 0 Å². The second-order valence-electron chi connectivity index (χ2n) is 5.80. The maximum absolute atomic E-state index is 12.3. The summed E-state index contributed by atoms with van der Waals surface area (Å²) in [5, 5.41) is 5.04. The number of fused-ring (bicyclic) bond motifs is 2. The third kappa shape index (κ3) is 3.57. The fourth-order valence-electron chi connectivity index (χ4n) is 2.92. The van der Waals surface area contributed by atoms with Crippen molar-refractivity contribution in [3.05, 3.63) is 70.9 Å². The molecule has 4 rings (SSSR count). The SMILES string of the molecule is O=C(CCN1c2ccccc2Sc2ccccc21)NCc1cccs1. The van der Waals surface area contributed by atoms with E-state index < -0.39 is 0 Å². The number of thiophene rings is 1. The van der Waals surface area contributed by atoms with Crippen LogP contribution in [0.3, 0.4) is 0 Å². The van der Waals surface area contributed by atoms with Crippen molar-refractivity contribution in [2.75, 3.05) is 11.4 Å². The molecule has 0 fully saturated rings. The van der Waals surface area contributed by atoms with E-state index in [1.807, 2.05) is 17.5 Å². The van der Waals surface area contributed by atoms with Crippen LogP contribution in [0.25, 0.3) is 0 Å². The minimum Gasteiger partial charge on any atom is -0.351 e. The second kappa shape index (κ2) is 7.33. The van der Waals surface area contributed by atoms with E-state index in [1.54, 1.807) is 23.1 Å². The van der Waals surface area contributed by atoms with Crippen LogP contribution in [0.15, 0.2) is 75.8 Å². The van der Waals surface area contributed by atoms with Gasteiger partial charge in [-0.15, -0.1) is 11.3 Å². The van der Waals surface area contributed by atoms with Crippen LogP contribution in [-0.2, 0) is 11.3 Å². The van der Waals surface area contributed by atoms with Gasteiger partial charge in [-0.25, -0.2) is 0 Å². The lowest BCUT2D eigenvalue weighted by Gasteiger charge is -2.32. The molecule has 0 bridgehead atoms. The highest BCUT2D eigenvalue weighted by Crippen LogP contribution is 2.47. The zero-order valence-electron chi connectivity index (χ0n) is 13.6. The van der Waals surface area contributed by atoms with Crippen LogP contribution in [0.5, 0.6) is 0 Å². The zero-order chi connectivity index (χ0) is 17.1. The zero-order valence-corrected chi connectivity index (χ0v) is 15.3. The first-order valence-electron chi connectivity index (χ1n) is 8.24. The molecule has 2 heterocycles. The minimum absolute atomic E-state index is 0.0848. The first kappa shape index (κ1) is 16.2. The topological polar surface area (TPSA) is 32.3 Å². The number of anilines is 2. The summed E-state index contributed by atoms with van der Waals surface area (Å²) < 4.78 is 0. The largest absolute Gasteiger partial charge is 0.351 e. The summed E-state index contributed by atoms with van der Waals surface area (Å²) in [6, 6.07) is 20.8. The van der Waals surface area contributed by atoms with Gasteiger partial charge in [0.1, 0.15) is 0 Å². The molecule has 0 unspecified atom stereocenters. The highest BCUT2D eigenvalue weighted by atomic mass is 32.2. The van der Waals surface area contributed by atoms with Gasteiger partial charge in [0.2, 0.25) is 5.91 Å². The number of rotatable bonds is 5. The van der Waals surface area contributed by atoms with Gasteiger partial charge in [-0.05, 0) is 35.7 Å². The Morgan fingerprint density at radius 3 is 2.24 bits per heavy atom. The number of benzene rings is 2. The van der Waals surface area contributed by atoms with Crippen LogP contribution in [-0.4, -0.2) is 12.5 Å². The molecule has 0 saturated heterocycles. The molecule has 2 aromatic carbocycles. The molecule has 0 atom stereocenters. The number of amides is 1. The number of hydrogen-bond acceptors (Lipinski definition) is 4. The Bertz CT molecular complexity index is 831. The maximum Gasteiger partial charge on any atom is 0.222 e. The third-order valence-corrected chi connectivity index (χ3v) is 6.14. The Balaban J connectivity index is 1.47. The van der Waals surface area contributed by atoms with Crippen LogP contribution >= 0.6 is 23.1 Å². The van der Waals surface area contributed by atoms with Gasteiger partial charge < -0.3 is 10.2 Å². The Morgan fingerprint density at radius 1 is 0.920 bits per heavy atom. The average Bonchev–Trinajstić information content (AvgIpc) is 3.17. The minimum atomic E-state index is 0.0848. The highest BCUT2D eigenvalue weighted by molar-refractivity contribution is 7.99. The van der Waals surface area contributed by atoms with Crippen LogP contribution in [0.1, 0.15) is 11.3 Å². The lowest BCUT2D eigenvalue weighted by molar-refractivity contribution is -0.121. The first-order chi connectivity index (χ1) is 12.3. The molecule has 0 aliphatic carbocycles. The van der Waals surface area contributed by atoms with Crippen molar-refractivity contribution >= 4 is 40.4 Å². The van der Waals surface area contributed by atoms with E-state index in [9.17, 15) is 4.79 Å². The molecule has 1 aliphatic heterocycles. The molecular weight excluding hydrogens is 348 g/mol. The van der Waals surface area contributed by atoms with Gasteiger partial charge in [0, 0.05) is 27.6 Å². The van der Waals surface area contributed by atoms with Crippen molar-refractivity contribution in [3.63, 3.8) is 0 Å². The summed E-state index contributed by atoms with van der Waals surface area (Å²) in [4.78, 5) is 18.2. The summed E-state index contributed by atoms with van der Waals surface area (Å²) in [7, 11) is 0. The average molecular weight is 367 g/mol. The van der Waals surface area contributed by atoms with Gasteiger partial charge >= 0.3 is 0 Å². The lowest BCUT2D eigenvalue weighted by Crippen LogP contribution is -2.29. The molecule has 0 saturated carbocycles. The van der Waals surface area contributed by atoms with Crippen LogP contribution < -0.4 is 10.2 Å². The number of hydrogen-bond donors (Lipinski definition) is 1. The molecule has 1 aromatic heterocycles. The van der Waals surface area contributed by atoms with Gasteiger partial charge in [-0.1, -0.05) is 42.1 Å². The molecule has 3 nitrogen and oxygen atoms in total. The predicted molar refractivity (Wildman–Crippen MR) is 105 cm³/mol. The summed E-state index contributed by atoms with van der Waals surface area (Å²) in [6.07, 6.45) is 0.471. The Hall–Kier alpha value is -2.24. The third-order valence-electron chi connectivity index (χ3n) is 4.13. The van der Waals surface area contributed by atoms with E-state index >= 15 is 0 Å².